The van der Waals surface area contributed by atoms with Gasteiger partial charge in [-0.25, -0.2) is 0 Å². The molecule has 19 heavy (non-hydrogen) atoms. The maximum absolute atomic E-state index is 12.3. The summed E-state index contributed by atoms with van der Waals surface area (Å²) in [6.07, 6.45) is 11.5. The van der Waals surface area contributed by atoms with E-state index in [4.69, 9.17) is 0 Å². The molecular weight excluding hydrogens is 238 g/mol. The van der Waals surface area contributed by atoms with E-state index in [0.717, 1.165) is 32.1 Å². The third-order valence-corrected chi connectivity index (χ3v) is 4.46. The molecule has 2 atom stereocenters. The van der Waals surface area contributed by atoms with E-state index >= 15 is 0 Å². The van der Waals surface area contributed by atoms with Crippen LogP contribution in [-0.4, -0.2) is 32.7 Å². The predicted molar refractivity (Wildman–Crippen MR) is 73.6 cm³/mol. The molecule has 4 heteroatoms. The average Bonchev–Trinajstić information content (AvgIpc) is 3.03. The van der Waals surface area contributed by atoms with Crippen molar-refractivity contribution in [1.82, 2.24) is 14.7 Å². The molecule has 2 saturated heterocycles. The molecule has 2 aliphatic rings. The largest absolute Gasteiger partial charge is 0.337 e. The van der Waals surface area contributed by atoms with Gasteiger partial charge in [0.25, 0.3) is 0 Å². The monoisotopic (exact) mass is 259 g/mol. The zero-order valence-electron chi connectivity index (χ0n) is 11.2. The molecular formula is C15H21N3O. The van der Waals surface area contributed by atoms with Gasteiger partial charge in [0.15, 0.2) is 0 Å². The number of piperidine rings is 1. The fourth-order valence-electron chi connectivity index (χ4n) is 3.62. The quantitative estimate of drug-likeness (QED) is 0.779. The minimum atomic E-state index is 0.311. The number of rotatable bonds is 4. The lowest BCUT2D eigenvalue weighted by molar-refractivity contribution is -0.136. The first-order valence-electron chi connectivity index (χ1n) is 7.20. The van der Waals surface area contributed by atoms with E-state index in [1.165, 1.54) is 0 Å². The highest BCUT2D eigenvalue weighted by Gasteiger charge is 2.43. The molecule has 2 aliphatic heterocycles. The molecule has 2 fully saturated rings. The van der Waals surface area contributed by atoms with Crippen molar-refractivity contribution in [2.75, 3.05) is 0 Å². The Morgan fingerprint density at radius 3 is 2.63 bits per heavy atom. The van der Waals surface area contributed by atoms with Crippen LogP contribution in [0.5, 0.6) is 0 Å². The molecule has 2 bridgehead atoms. The first-order chi connectivity index (χ1) is 9.29. The molecule has 0 radical (unpaired) electrons. The topological polar surface area (TPSA) is 38.1 Å². The van der Waals surface area contributed by atoms with Crippen LogP contribution in [0.4, 0.5) is 0 Å². The number of allylic oxidation sites excluding steroid dienone is 1. The summed E-state index contributed by atoms with van der Waals surface area (Å²) in [7, 11) is 0. The zero-order chi connectivity index (χ0) is 13.2. The number of hydrogen-bond acceptors (Lipinski definition) is 2. The Labute approximate surface area is 114 Å². The SMILES string of the molecule is C=CCCC(=O)N1C2CCC1CC(n1cccn1)C2. The highest BCUT2D eigenvalue weighted by Crippen LogP contribution is 2.40. The van der Waals surface area contributed by atoms with Crippen molar-refractivity contribution in [1.29, 1.82) is 0 Å². The minimum absolute atomic E-state index is 0.311. The zero-order valence-corrected chi connectivity index (χ0v) is 11.2. The fourth-order valence-corrected chi connectivity index (χ4v) is 3.62. The van der Waals surface area contributed by atoms with Crippen LogP contribution in [-0.2, 0) is 4.79 Å². The maximum atomic E-state index is 12.3. The molecule has 1 amide bonds. The van der Waals surface area contributed by atoms with Crippen molar-refractivity contribution >= 4 is 5.91 Å². The molecule has 4 nitrogen and oxygen atoms in total. The summed E-state index contributed by atoms with van der Waals surface area (Å²) in [6, 6.07) is 3.29. The van der Waals surface area contributed by atoms with Gasteiger partial charge in [0, 0.05) is 30.9 Å². The second-order valence-corrected chi connectivity index (χ2v) is 5.62. The van der Waals surface area contributed by atoms with E-state index in [9.17, 15) is 4.79 Å². The first-order valence-corrected chi connectivity index (χ1v) is 7.20. The molecule has 0 aromatic carbocycles. The van der Waals surface area contributed by atoms with Crippen molar-refractivity contribution in [3.63, 3.8) is 0 Å². The molecule has 2 unspecified atom stereocenters. The molecule has 0 aliphatic carbocycles. The number of aromatic nitrogens is 2. The van der Waals surface area contributed by atoms with Gasteiger partial charge in [-0.05, 0) is 38.2 Å². The number of nitrogens with zero attached hydrogens (tertiary/aromatic N) is 3. The Morgan fingerprint density at radius 2 is 2.05 bits per heavy atom. The van der Waals surface area contributed by atoms with Gasteiger partial charge < -0.3 is 4.90 Å². The fraction of sp³-hybridized carbons (Fsp3) is 0.600. The number of amides is 1. The molecule has 3 rings (SSSR count). The second-order valence-electron chi connectivity index (χ2n) is 5.62. The van der Waals surface area contributed by atoms with Gasteiger partial charge >= 0.3 is 0 Å². The van der Waals surface area contributed by atoms with E-state index in [2.05, 4.69) is 21.3 Å². The van der Waals surface area contributed by atoms with Gasteiger partial charge in [0.2, 0.25) is 5.91 Å². The highest BCUT2D eigenvalue weighted by atomic mass is 16.2. The van der Waals surface area contributed by atoms with E-state index in [0.29, 0.717) is 30.5 Å². The lowest BCUT2D eigenvalue weighted by atomic mass is 9.97. The Hall–Kier alpha value is -1.58. The Morgan fingerprint density at radius 1 is 1.32 bits per heavy atom. The van der Waals surface area contributed by atoms with E-state index in [1.54, 1.807) is 0 Å². The third-order valence-electron chi connectivity index (χ3n) is 4.46. The maximum Gasteiger partial charge on any atom is 0.223 e. The molecule has 0 saturated carbocycles. The van der Waals surface area contributed by atoms with E-state index < -0.39 is 0 Å². The molecule has 0 N–H and O–H groups in total. The van der Waals surface area contributed by atoms with E-state index in [-0.39, 0.29) is 0 Å². The summed E-state index contributed by atoms with van der Waals surface area (Å²) in [5.41, 5.74) is 0. The highest BCUT2D eigenvalue weighted by molar-refractivity contribution is 5.77. The number of carbonyl (C=O) groups is 1. The van der Waals surface area contributed by atoms with Crippen LogP contribution >= 0.6 is 0 Å². The Bertz CT molecular complexity index is 440. The molecule has 0 spiro atoms. The minimum Gasteiger partial charge on any atom is -0.337 e. The normalized spacial score (nSPS) is 29.5. The van der Waals surface area contributed by atoms with Crippen LogP contribution in [0.2, 0.25) is 0 Å². The van der Waals surface area contributed by atoms with Crippen molar-refractivity contribution in [2.24, 2.45) is 0 Å². The number of carbonyl (C=O) groups excluding carboxylic acids is 1. The smallest absolute Gasteiger partial charge is 0.223 e. The van der Waals surface area contributed by atoms with Crippen LogP contribution in [0.15, 0.2) is 31.1 Å². The number of fused-ring (bicyclic) bond motifs is 2. The van der Waals surface area contributed by atoms with Gasteiger partial charge in [-0.3, -0.25) is 9.48 Å². The molecule has 1 aromatic heterocycles. The van der Waals surface area contributed by atoms with Gasteiger partial charge in [0.1, 0.15) is 0 Å². The standard InChI is InChI=1S/C15H21N3O/c1-2-3-5-15(19)18-12-6-7-13(18)11-14(10-12)17-9-4-8-16-17/h2,4,8-9,12-14H,1,3,5-7,10-11H2. The second kappa shape index (κ2) is 5.19. The van der Waals surface area contributed by atoms with Gasteiger partial charge in [-0.15, -0.1) is 6.58 Å². The number of hydrogen-bond donors (Lipinski definition) is 0. The van der Waals surface area contributed by atoms with Crippen LogP contribution in [0.25, 0.3) is 0 Å². The summed E-state index contributed by atoms with van der Waals surface area (Å²) < 4.78 is 2.07. The Kier molecular flexibility index (Phi) is 3.40. The third kappa shape index (κ3) is 2.31. The summed E-state index contributed by atoms with van der Waals surface area (Å²) in [5.74, 6) is 0.311. The van der Waals surface area contributed by atoms with Crippen LogP contribution in [0.1, 0.15) is 44.6 Å². The van der Waals surface area contributed by atoms with E-state index in [1.807, 2.05) is 24.5 Å². The van der Waals surface area contributed by atoms with Crippen molar-refractivity contribution in [3.8, 4) is 0 Å². The summed E-state index contributed by atoms with van der Waals surface area (Å²) in [5, 5.41) is 4.36. The van der Waals surface area contributed by atoms with Gasteiger partial charge in [0.05, 0.1) is 6.04 Å². The Balaban J connectivity index is 1.69. The summed E-state index contributed by atoms with van der Waals surface area (Å²) in [4.78, 5) is 14.4. The summed E-state index contributed by atoms with van der Waals surface area (Å²) in [6.45, 7) is 3.69. The summed E-state index contributed by atoms with van der Waals surface area (Å²) >= 11 is 0. The van der Waals surface area contributed by atoms with Crippen molar-refractivity contribution in [2.45, 2.75) is 56.7 Å². The van der Waals surface area contributed by atoms with Crippen LogP contribution < -0.4 is 0 Å². The van der Waals surface area contributed by atoms with Gasteiger partial charge in [-0.2, -0.15) is 5.10 Å². The van der Waals surface area contributed by atoms with Crippen molar-refractivity contribution in [3.05, 3.63) is 31.1 Å². The predicted octanol–water partition coefficient (Wildman–Crippen LogP) is 2.54. The lowest BCUT2D eigenvalue weighted by Gasteiger charge is -2.39. The first kappa shape index (κ1) is 12.5. The molecule has 1 aromatic rings. The molecule has 102 valence electrons. The van der Waals surface area contributed by atoms with Gasteiger partial charge in [-0.1, -0.05) is 6.08 Å². The average molecular weight is 259 g/mol. The lowest BCUT2D eigenvalue weighted by Crippen LogP contribution is -2.46. The van der Waals surface area contributed by atoms with Crippen LogP contribution in [0.3, 0.4) is 0 Å². The van der Waals surface area contributed by atoms with Crippen LogP contribution in [0, 0.1) is 0 Å². The van der Waals surface area contributed by atoms with Crippen molar-refractivity contribution < 1.29 is 4.79 Å². The molecule has 3 heterocycles.